The van der Waals surface area contributed by atoms with E-state index in [2.05, 4.69) is 15.6 Å². The number of ether oxygens (including phenoxy) is 1. The highest BCUT2D eigenvalue weighted by atomic mass is 19.1. The van der Waals surface area contributed by atoms with E-state index in [0.717, 1.165) is 5.56 Å². The van der Waals surface area contributed by atoms with Gasteiger partial charge in [0.25, 0.3) is 11.8 Å². The number of anilines is 1. The second kappa shape index (κ2) is 8.77. The summed E-state index contributed by atoms with van der Waals surface area (Å²) in [5, 5.41) is 5.44. The molecule has 0 bridgehead atoms. The van der Waals surface area contributed by atoms with Gasteiger partial charge in [-0.05, 0) is 42.0 Å². The molecule has 142 valence electrons. The molecule has 7 heteroatoms. The third kappa shape index (κ3) is 4.91. The summed E-state index contributed by atoms with van der Waals surface area (Å²) >= 11 is 0. The highest BCUT2D eigenvalue weighted by Gasteiger charge is 2.12. The number of amides is 2. The van der Waals surface area contributed by atoms with Crippen molar-refractivity contribution in [2.45, 2.75) is 6.54 Å². The Bertz CT molecular complexity index is 990. The number of aromatic nitrogens is 1. The minimum absolute atomic E-state index is 0.109. The summed E-state index contributed by atoms with van der Waals surface area (Å²) < 4.78 is 18.1. The first-order chi connectivity index (χ1) is 13.5. The van der Waals surface area contributed by atoms with E-state index in [0.29, 0.717) is 17.0 Å². The molecule has 0 aliphatic rings. The van der Waals surface area contributed by atoms with Gasteiger partial charge in [0.1, 0.15) is 17.3 Å². The van der Waals surface area contributed by atoms with E-state index in [1.807, 2.05) is 0 Å². The molecule has 0 aliphatic carbocycles. The highest BCUT2D eigenvalue weighted by Crippen LogP contribution is 2.17. The van der Waals surface area contributed by atoms with E-state index in [1.165, 1.54) is 37.6 Å². The average molecular weight is 379 g/mol. The van der Waals surface area contributed by atoms with E-state index in [1.54, 1.807) is 36.4 Å². The van der Waals surface area contributed by atoms with E-state index in [9.17, 15) is 14.0 Å². The molecular formula is C21H18FN3O3. The van der Waals surface area contributed by atoms with Gasteiger partial charge in [0.15, 0.2) is 0 Å². The minimum Gasteiger partial charge on any atom is -0.497 e. The second-order valence-electron chi connectivity index (χ2n) is 5.92. The van der Waals surface area contributed by atoms with Gasteiger partial charge in [-0.2, -0.15) is 0 Å². The summed E-state index contributed by atoms with van der Waals surface area (Å²) in [5.74, 6) is -0.529. The Balaban J connectivity index is 1.65. The van der Waals surface area contributed by atoms with Crippen LogP contribution in [-0.2, 0) is 6.54 Å². The Morgan fingerprint density at radius 3 is 2.57 bits per heavy atom. The van der Waals surface area contributed by atoms with E-state index < -0.39 is 5.91 Å². The van der Waals surface area contributed by atoms with E-state index in [-0.39, 0.29) is 24.0 Å². The van der Waals surface area contributed by atoms with Crippen molar-refractivity contribution in [3.8, 4) is 5.75 Å². The number of methoxy groups -OCH3 is 1. The lowest BCUT2D eigenvalue weighted by molar-refractivity contribution is 0.0951. The molecule has 0 saturated heterocycles. The average Bonchev–Trinajstić information content (AvgIpc) is 2.73. The Labute approximate surface area is 161 Å². The molecule has 28 heavy (non-hydrogen) atoms. The Kier molecular flexibility index (Phi) is 5.96. The van der Waals surface area contributed by atoms with Crippen LogP contribution in [0.1, 0.15) is 26.4 Å². The number of nitrogens with one attached hydrogen (secondary N) is 2. The molecule has 3 rings (SSSR count). The Morgan fingerprint density at radius 1 is 1.04 bits per heavy atom. The molecule has 0 fully saturated rings. The first-order valence-electron chi connectivity index (χ1n) is 8.49. The van der Waals surface area contributed by atoms with Gasteiger partial charge in [0.2, 0.25) is 0 Å². The fraction of sp³-hybridized carbons (Fsp3) is 0.0952. The first kappa shape index (κ1) is 19.0. The molecule has 2 amide bonds. The maximum Gasteiger partial charge on any atom is 0.274 e. The van der Waals surface area contributed by atoms with Gasteiger partial charge in [-0.25, -0.2) is 4.39 Å². The lowest BCUT2D eigenvalue weighted by Gasteiger charge is -2.08. The van der Waals surface area contributed by atoms with Crippen LogP contribution in [0.15, 0.2) is 66.9 Å². The first-order valence-corrected chi connectivity index (χ1v) is 8.49. The van der Waals surface area contributed by atoms with Crippen molar-refractivity contribution < 1.29 is 18.7 Å². The lowest BCUT2D eigenvalue weighted by Crippen LogP contribution is -2.23. The number of halogens is 1. The van der Waals surface area contributed by atoms with Gasteiger partial charge in [-0.3, -0.25) is 14.6 Å². The van der Waals surface area contributed by atoms with Gasteiger partial charge in [-0.15, -0.1) is 0 Å². The monoisotopic (exact) mass is 379 g/mol. The van der Waals surface area contributed by atoms with Crippen molar-refractivity contribution in [1.82, 2.24) is 10.3 Å². The smallest absolute Gasteiger partial charge is 0.274 e. The predicted octanol–water partition coefficient (Wildman–Crippen LogP) is 3.41. The molecule has 1 aromatic heterocycles. The largest absolute Gasteiger partial charge is 0.497 e. The number of carbonyl (C=O) groups is 2. The third-order valence-electron chi connectivity index (χ3n) is 3.95. The van der Waals surface area contributed by atoms with Crippen molar-refractivity contribution in [3.63, 3.8) is 0 Å². The van der Waals surface area contributed by atoms with Gasteiger partial charge < -0.3 is 15.4 Å². The topological polar surface area (TPSA) is 80.3 Å². The van der Waals surface area contributed by atoms with Crippen LogP contribution in [0.3, 0.4) is 0 Å². The van der Waals surface area contributed by atoms with Gasteiger partial charge >= 0.3 is 0 Å². The third-order valence-corrected chi connectivity index (χ3v) is 3.95. The van der Waals surface area contributed by atoms with Gasteiger partial charge in [0, 0.05) is 30.1 Å². The Hall–Kier alpha value is -3.74. The summed E-state index contributed by atoms with van der Waals surface area (Å²) in [6, 6.07) is 15.7. The molecule has 6 nitrogen and oxygen atoms in total. The van der Waals surface area contributed by atoms with Crippen molar-refractivity contribution in [1.29, 1.82) is 0 Å². The second-order valence-corrected chi connectivity index (χ2v) is 5.92. The fourth-order valence-electron chi connectivity index (χ4n) is 2.48. The quantitative estimate of drug-likeness (QED) is 0.688. The molecule has 0 unspecified atom stereocenters. The molecule has 0 spiro atoms. The molecule has 0 aliphatic heterocycles. The van der Waals surface area contributed by atoms with Crippen LogP contribution in [0.25, 0.3) is 0 Å². The van der Waals surface area contributed by atoms with Crippen molar-refractivity contribution in [3.05, 3.63) is 89.5 Å². The lowest BCUT2D eigenvalue weighted by atomic mass is 10.2. The van der Waals surface area contributed by atoms with E-state index in [4.69, 9.17) is 4.74 Å². The molecule has 0 atom stereocenters. The Morgan fingerprint density at radius 2 is 1.82 bits per heavy atom. The van der Waals surface area contributed by atoms with Crippen LogP contribution >= 0.6 is 0 Å². The van der Waals surface area contributed by atoms with Crippen molar-refractivity contribution >= 4 is 17.5 Å². The fourth-order valence-corrected chi connectivity index (χ4v) is 2.48. The van der Waals surface area contributed by atoms with Crippen molar-refractivity contribution in [2.24, 2.45) is 0 Å². The normalized spacial score (nSPS) is 10.2. The van der Waals surface area contributed by atoms with Crippen LogP contribution in [-0.4, -0.2) is 23.9 Å². The van der Waals surface area contributed by atoms with Crippen LogP contribution in [0.5, 0.6) is 5.75 Å². The standard InChI is InChI=1S/C21H18FN3O3/c1-28-18-4-2-3-17(12-18)25-21(27)19-11-15(9-10-23-19)20(26)24-13-14-5-7-16(22)8-6-14/h2-12H,13H2,1H3,(H,24,26)(H,25,27). The van der Waals surface area contributed by atoms with E-state index >= 15 is 0 Å². The summed E-state index contributed by atoms with van der Waals surface area (Å²) in [4.78, 5) is 28.8. The molecule has 2 aromatic carbocycles. The minimum atomic E-state index is -0.443. The maximum absolute atomic E-state index is 12.9. The zero-order valence-electron chi connectivity index (χ0n) is 15.1. The van der Waals surface area contributed by atoms with Crippen LogP contribution < -0.4 is 15.4 Å². The SMILES string of the molecule is COc1cccc(NC(=O)c2cc(C(=O)NCc3ccc(F)cc3)ccn2)c1. The number of pyridine rings is 1. The van der Waals surface area contributed by atoms with Crippen LogP contribution in [0.4, 0.5) is 10.1 Å². The summed E-state index contributed by atoms with van der Waals surface area (Å²) in [7, 11) is 1.54. The number of rotatable bonds is 6. The maximum atomic E-state index is 12.9. The summed E-state index contributed by atoms with van der Waals surface area (Å²) in [5.41, 5.74) is 1.72. The molecule has 1 heterocycles. The number of carbonyl (C=O) groups excluding carboxylic acids is 2. The van der Waals surface area contributed by atoms with Gasteiger partial charge in [-0.1, -0.05) is 18.2 Å². The zero-order chi connectivity index (χ0) is 19.9. The molecule has 3 aromatic rings. The summed E-state index contributed by atoms with van der Waals surface area (Å²) in [6.07, 6.45) is 1.40. The molecule has 0 radical (unpaired) electrons. The number of benzene rings is 2. The molecule has 0 saturated carbocycles. The van der Waals surface area contributed by atoms with Crippen molar-refractivity contribution in [2.75, 3.05) is 12.4 Å². The number of nitrogens with zero attached hydrogens (tertiary/aromatic N) is 1. The van der Waals surface area contributed by atoms with Gasteiger partial charge in [0.05, 0.1) is 7.11 Å². The zero-order valence-corrected chi connectivity index (χ0v) is 15.1. The predicted molar refractivity (Wildman–Crippen MR) is 103 cm³/mol. The number of hydrogen-bond acceptors (Lipinski definition) is 4. The molecule has 2 N–H and O–H groups in total. The summed E-state index contributed by atoms with van der Waals surface area (Å²) in [6.45, 7) is 0.243. The number of hydrogen-bond donors (Lipinski definition) is 2. The highest BCUT2D eigenvalue weighted by molar-refractivity contribution is 6.04. The molecular weight excluding hydrogens is 361 g/mol. The van der Waals surface area contributed by atoms with Crippen LogP contribution in [0, 0.1) is 5.82 Å². The van der Waals surface area contributed by atoms with Crippen LogP contribution in [0.2, 0.25) is 0 Å².